The van der Waals surface area contributed by atoms with E-state index in [1.807, 2.05) is 0 Å². The molecule has 0 aliphatic carbocycles. The molecule has 0 unspecified atom stereocenters. The molecule has 0 fully saturated rings. The van der Waals surface area contributed by atoms with Crippen LogP contribution in [0.1, 0.15) is 5.56 Å². The highest BCUT2D eigenvalue weighted by Gasteiger charge is 2.59. The van der Waals surface area contributed by atoms with E-state index >= 15 is 0 Å². The van der Waals surface area contributed by atoms with E-state index in [0.29, 0.717) is 0 Å². The summed E-state index contributed by atoms with van der Waals surface area (Å²) in [5, 5.41) is 8.69. The van der Waals surface area contributed by atoms with Crippen LogP contribution in [0.25, 0.3) is 0 Å². The predicted octanol–water partition coefficient (Wildman–Crippen LogP) is 3.02. The van der Waals surface area contributed by atoms with E-state index in [-0.39, 0.29) is 5.56 Å². The maximum Gasteiger partial charge on any atom is 0.467 e. The Morgan fingerprint density at radius 3 is 1.85 bits per heavy atom. The first-order chi connectivity index (χ1) is 9.03. The van der Waals surface area contributed by atoms with Crippen LogP contribution in [-0.4, -0.2) is 34.6 Å². The fraction of sp³-hybridized carbons (Fsp3) is 0.364. The minimum Gasteiger partial charge on any atom is -0.480 e. The molecule has 112 valence electrons. The Morgan fingerprint density at radius 2 is 1.50 bits per heavy atom. The molecule has 0 aliphatic heterocycles. The van der Waals surface area contributed by atoms with Crippen molar-refractivity contribution in [2.45, 2.75) is 25.1 Å². The lowest BCUT2D eigenvalue weighted by Crippen LogP contribution is -2.57. The Morgan fingerprint density at radius 1 is 1.05 bits per heavy atom. The zero-order chi connectivity index (χ0) is 15.6. The van der Waals surface area contributed by atoms with Crippen LogP contribution >= 0.6 is 0 Å². The third-order valence-electron chi connectivity index (χ3n) is 2.41. The summed E-state index contributed by atoms with van der Waals surface area (Å²) in [7, 11) is 0. The third-order valence-corrected chi connectivity index (χ3v) is 2.41. The van der Waals surface area contributed by atoms with Crippen LogP contribution in [0.15, 0.2) is 30.3 Å². The first-order valence-electron chi connectivity index (χ1n) is 5.23. The van der Waals surface area contributed by atoms with Gasteiger partial charge >= 0.3 is 18.6 Å². The highest BCUT2D eigenvalue weighted by Crippen LogP contribution is 2.36. The summed E-state index contributed by atoms with van der Waals surface area (Å²) in [5.41, 5.74) is 0.0541. The Balaban J connectivity index is 3.13. The van der Waals surface area contributed by atoms with Gasteiger partial charge in [0.05, 0.1) is 0 Å². The highest BCUT2D eigenvalue weighted by atomic mass is 19.4. The molecule has 1 atom stereocenters. The van der Waals surface area contributed by atoms with Crippen LogP contribution in [0.2, 0.25) is 0 Å². The molecule has 0 spiro atoms. The summed E-state index contributed by atoms with van der Waals surface area (Å²) in [6.07, 6.45) is -12.6. The summed E-state index contributed by atoms with van der Waals surface area (Å²) in [4.78, 5) is 8.89. The second-order valence-corrected chi connectivity index (χ2v) is 3.85. The lowest BCUT2D eigenvalue weighted by Gasteiger charge is -2.31. The van der Waals surface area contributed by atoms with E-state index in [9.17, 15) is 31.1 Å². The summed E-state index contributed by atoms with van der Waals surface area (Å²) >= 11 is 0. The number of carboxylic acids is 1. The van der Waals surface area contributed by atoms with E-state index in [1.165, 1.54) is 30.3 Å². The second kappa shape index (κ2) is 5.70. The second-order valence-electron chi connectivity index (χ2n) is 3.85. The molecule has 9 heteroatoms. The van der Waals surface area contributed by atoms with Crippen molar-refractivity contribution in [3.8, 4) is 0 Å². The highest BCUT2D eigenvalue weighted by molar-refractivity contribution is 5.74. The largest absolute Gasteiger partial charge is 0.480 e. The molecule has 0 aliphatic rings. The van der Waals surface area contributed by atoms with E-state index in [4.69, 9.17) is 5.11 Å². The number of halogens is 6. The Bertz CT molecular complexity index is 442. The third kappa shape index (κ3) is 4.12. The van der Waals surface area contributed by atoms with E-state index < -0.39 is 35.9 Å². The van der Waals surface area contributed by atoms with Crippen LogP contribution in [-0.2, 0) is 11.2 Å². The van der Waals surface area contributed by atoms with Crippen LogP contribution in [0.5, 0.6) is 0 Å². The maximum atomic E-state index is 12.5. The molecular formula is C11H9F6NO2. The summed E-state index contributed by atoms with van der Waals surface area (Å²) in [6, 6.07) is 4.00. The molecule has 0 saturated heterocycles. The first kappa shape index (κ1) is 16.3. The molecule has 0 aromatic heterocycles. The molecule has 1 aromatic carbocycles. The zero-order valence-corrected chi connectivity index (χ0v) is 9.74. The van der Waals surface area contributed by atoms with Gasteiger partial charge in [-0.3, -0.25) is 4.79 Å². The molecule has 0 heterocycles. The maximum absolute atomic E-state index is 12.5. The standard InChI is InChI=1S/C11H9F6NO2/c12-10(13,14)18(11(15,16)17)8(9(19)20)6-7-4-2-1-3-5-7/h1-5,8H,6H2,(H,19,20)/t8-/m0/s1. The topological polar surface area (TPSA) is 40.5 Å². The average Bonchev–Trinajstić information content (AvgIpc) is 2.25. The van der Waals surface area contributed by atoms with E-state index in [2.05, 4.69) is 0 Å². The average molecular weight is 301 g/mol. The molecule has 0 radical (unpaired) electrons. The Labute approximate surface area is 109 Å². The number of benzene rings is 1. The summed E-state index contributed by atoms with van der Waals surface area (Å²) < 4.78 is 74.8. The number of aliphatic carboxylic acids is 1. The van der Waals surface area contributed by atoms with E-state index in [1.54, 1.807) is 0 Å². The number of nitrogens with zero attached hydrogens (tertiary/aromatic N) is 1. The lowest BCUT2D eigenvalue weighted by molar-refractivity contribution is -0.382. The van der Waals surface area contributed by atoms with Gasteiger partial charge in [0, 0.05) is 0 Å². The van der Waals surface area contributed by atoms with Gasteiger partial charge < -0.3 is 5.11 Å². The molecule has 0 amide bonds. The molecule has 0 bridgehead atoms. The minimum atomic E-state index is -5.84. The van der Waals surface area contributed by atoms with Gasteiger partial charge in [-0.2, -0.15) is 26.3 Å². The summed E-state index contributed by atoms with van der Waals surface area (Å²) in [5.74, 6) is -2.21. The van der Waals surface area contributed by atoms with Crippen LogP contribution < -0.4 is 0 Å². The van der Waals surface area contributed by atoms with Crippen molar-refractivity contribution in [3.05, 3.63) is 35.9 Å². The van der Waals surface area contributed by atoms with E-state index in [0.717, 1.165) is 0 Å². The predicted molar refractivity (Wildman–Crippen MR) is 55.5 cm³/mol. The van der Waals surface area contributed by atoms with Gasteiger partial charge in [0.1, 0.15) is 6.04 Å². The van der Waals surface area contributed by atoms with Crippen LogP contribution in [0, 0.1) is 0 Å². The minimum absolute atomic E-state index is 0.0541. The quantitative estimate of drug-likeness (QED) is 0.686. The first-order valence-corrected chi connectivity index (χ1v) is 5.23. The summed E-state index contributed by atoms with van der Waals surface area (Å²) in [6.45, 7) is 0. The van der Waals surface area contributed by atoms with Gasteiger partial charge in [-0.25, -0.2) is 0 Å². The molecule has 1 aromatic rings. The van der Waals surface area contributed by atoms with Crippen LogP contribution in [0.3, 0.4) is 0 Å². The lowest BCUT2D eigenvalue weighted by atomic mass is 10.1. The van der Waals surface area contributed by atoms with Crippen molar-refractivity contribution in [1.82, 2.24) is 4.90 Å². The number of carbonyl (C=O) groups is 1. The number of rotatable bonds is 4. The fourth-order valence-electron chi connectivity index (χ4n) is 1.62. The molecule has 1 rings (SSSR count). The Kier molecular flexibility index (Phi) is 4.64. The smallest absolute Gasteiger partial charge is 0.467 e. The van der Waals surface area contributed by atoms with Crippen molar-refractivity contribution >= 4 is 5.97 Å². The van der Waals surface area contributed by atoms with Gasteiger partial charge in [0.25, 0.3) is 0 Å². The number of alkyl halides is 6. The van der Waals surface area contributed by atoms with Crippen molar-refractivity contribution in [2.24, 2.45) is 0 Å². The van der Waals surface area contributed by atoms with Crippen molar-refractivity contribution in [1.29, 1.82) is 0 Å². The van der Waals surface area contributed by atoms with Crippen molar-refractivity contribution < 1.29 is 36.2 Å². The molecule has 3 nitrogen and oxygen atoms in total. The molecular weight excluding hydrogens is 292 g/mol. The van der Waals surface area contributed by atoms with Gasteiger partial charge in [-0.15, -0.1) is 4.90 Å². The molecule has 0 saturated carbocycles. The monoisotopic (exact) mass is 301 g/mol. The molecule has 1 N–H and O–H groups in total. The van der Waals surface area contributed by atoms with Crippen LogP contribution in [0.4, 0.5) is 26.3 Å². The Hall–Kier alpha value is -1.77. The van der Waals surface area contributed by atoms with Gasteiger partial charge in [-0.05, 0) is 12.0 Å². The van der Waals surface area contributed by atoms with Gasteiger partial charge in [-0.1, -0.05) is 30.3 Å². The SMILES string of the molecule is O=C(O)[C@H](Cc1ccccc1)N(C(F)(F)F)C(F)(F)F. The normalized spacial score (nSPS) is 14.3. The zero-order valence-electron chi connectivity index (χ0n) is 9.74. The number of hydrogen-bond donors (Lipinski definition) is 1. The van der Waals surface area contributed by atoms with Gasteiger partial charge in [0.15, 0.2) is 0 Å². The number of carboxylic acid groups (broad SMARTS) is 1. The fourth-order valence-corrected chi connectivity index (χ4v) is 1.62. The van der Waals surface area contributed by atoms with Crippen molar-refractivity contribution in [3.63, 3.8) is 0 Å². The molecule has 20 heavy (non-hydrogen) atoms. The van der Waals surface area contributed by atoms with Gasteiger partial charge in [0.2, 0.25) is 0 Å². The van der Waals surface area contributed by atoms with Crippen molar-refractivity contribution in [2.75, 3.05) is 0 Å². The number of hydrogen-bond acceptors (Lipinski definition) is 2.